The van der Waals surface area contributed by atoms with Crippen LogP contribution in [0.15, 0.2) is 60.8 Å². The molecule has 28 heavy (non-hydrogen) atoms. The van der Waals surface area contributed by atoms with Crippen molar-refractivity contribution in [3.05, 3.63) is 83.0 Å². The molecule has 0 fully saturated rings. The maximum atomic E-state index is 6.04. The molecular weight excluding hydrogens is 348 g/mol. The number of hydrogen-bond donors (Lipinski definition) is 3. The summed E-state index contributed by atoms with van der Waals surface area (Å²) in [6.45, 7) is 0. The fourth-order valence-corrected chi connectivity index (χ4v) is 3.98. The molecule has 0 spiro atoms. The Balaban J connectivity index is 1.62. The van der Waals surface area contributed by atoms with Gasteiger partial charge < -0.3 is 16.8 Å². The van der Waals surface area contributed by atoms with E-state index in [1.807, 2.05) is 6.07 Å². The minimum absolute atomic E-state index is 0.0325. The zero-order chi connectivity index (χ0) is 19.1. The number of hydrogen-bond acceptors (Lipinski definition) is 6. The number of nitrogens with zero attached hydrogens (tertiary/aromatic N) is 3. The third-order valence-electron chi connectivity index (χ3n) is 5.30. The lowest BCUT2D eigenvalue weighted by molar-refractivity contribution is 0.928. The van der Waals surface area contributed by atoms with Gasteiger partial charge in [-0.15, -0.1) is 0 Å². The van der Waals surface area contributed by atoms with E-state index in [2.05, 4.69) is 68.8 Å². The van der Waals surface area contributed by atoms with Gasteiger partial charge in [-0.2, -0.15) is 9.97 Å². The third-order valence-corrected chi connectivity index (χ3v) is 5.30. The van der Waals surface area contributed by atoms with Gasteiger partial charge in [0, 0.05) is 0 Å². The van der Waals surface area contributed by atoms with Gasteiger partial charge >= 0.3 is 0 Å². The number of anilines is 3. The summed E-state index contributed by atoms with van der Waals surface area (Å²) in [5.74, 6) is 0.463. The first-order valence-corrected chi connectivity index (χ1v) is 9.30. The fourth-order valence-electron chi connectivity index (χ4n) is 3.98. The van der Waals surface area contributed by atoms with E-state index in [1.165, 1.54) is 22.3 Å². The second-order valence-corrected chi connectivity index (χ2v) is 7.04. The molecule has 2 heterocycles. The second kappa shape index (κ2) is 6.49. The van der Waals surface area contributed by atoms with Gasteiger partial charge in [-0.05, 0) is 41.2 Å². The largest absolute Gasteiger partial charge is 0.383 e. The van der Waals surface area contributed by atoms with Gasteiger partial charge in [0.15, 0.2) is 5.65 Å². The number of nitrogens with two attached hydrogens (primary N) is 2. The maximum Gasteiger partial charge on any atom is 0.224 e. The monoisotopic (exact) mass is 368 g/mol. The van der Waals surface area contributed by atoms with Gasteiger partial charge in [0.1, 0.15) is 5.82 Å². The molecule has 6 heteroatoms. The summed E-state index contributed by atoms with van der Waals surface area (Å²) in [6, 6.07) is 19.2. The van der Waals surface area contributed by atoms with Gasteiger partial charge in [0.25, 0.3) is 0 Å². The summed E-state index contributed by atoms with van der Waals surface area (Å²) in [5, 5.41) is 4.35. The summed E-state index contributed by atoms with van der Waals surface area (Å²) in [6.07, 6.45) is 3.83. The van der Waals surface area contributed by atoms with Crippen molar-refractivity contribution < 1.29 is 0 Å². The van der Waals surface area contributed by atoms with Gasteiger partial charge in [0.05, 0.1) is 23.3 Å². The highest BCUT2D eigenvalue weighted by atomic mass is 15.1. The predicted octanol–water partition coefficient (Wildman–Crippen LogP) is 3.49. The van der Waals surface area contributed by atoms with E-state index in [0.29, 0.717) is 16.9 Å². The molecule has 0 bridgehead atoms. The average Bonchev–Trinajstić information content (AvgIpc) is 2.86. The van der Waals surface area contributed by atoms with Crippen molar-refractivity contribution in [2.24, 2.45) is 0 Å². The molecule has 0 amide bonds. The summed E-state index contributed by atoms with van der Waals surface area (Å²) in [5.41, 5.74) is 18.4. The van der Waals surface area contributed by atoms with Crippen molar-refractivity contribution in [1.29, 1.82) is 0 Å². The van der Waals surface area contributed by atoms with Crippen molar-refractivity contribution in [3.8, 4) is 0 Å². The molecule has 2 aromatic carbocycles. The SMILES string of the molecule is Nc1nc(N)c2cc(NC3c4ccccc4CCc4ccccc43)cnc2n1. The van der Waals surface area contributed by atoms with Gasteiger partial charge in [-0.25, -0.2) is 4.98 Å². The molecule has 1 aliphatic carbocycles. The Bertz CT molecular complexity index is 1140. The number of nitrogen functional groups attached to an aromatic ring is 2. The van der Waals surface area contributed by atoms with E-state index in [-0.39, 0.29) is 12.0 Å². The molecule has 0 radical (unpaired) electrons. The lowest BCUT2D eigenvalue weighted by Gasteiger charge is -2.23. The molecule has 0 aliphatic heterocycles. The van der Waals surface area contributed by atoms with Crippen LogP contribution in [0.3, 0.4) is 0 Å². The normalized spacial score (nSPS) is 13.6. The zero-order valence-electron chi connectivity index (χ0n) is 15.3. The Hall–Kier alpha value is -3.67. The Morgan fingerprint density at radius 1 is 0.857 bits per heavy atom. The zero-order valence-corrected chi connectivity index (χ0v) is 15.3. The van der Waals surface area contributed by atoms with Crippen LogP contribution < -0.4 is 16.8 Å². The first-order chi connectivity index (χ1) is 13.7. The van der Waals surface area contributed by atoms with E-state index in [4.69, 9.17) is 11.5 Å². The molecular formula is C22H20N6. The Kier molecular flexibility index (Phi) is 3.83. The van der Waals surface area contributed by atoms with E-state index >= 15 is 0 Å². The van der Waals surface area contributed by atoms with Crippen LogP contribution in [0.5, 0.6) is 0 Å². The van der Waals surface area contributed by atoms with E-state index < -0.39 is 0 Å². The highest BCUT2D eigenvalue weighted by Gasteiger charge is 2.23. The molecule has 5 N–H and O–H groups in total. The summed E-state index contributed by atoms with van der Waals surface area (Å²) < 4.78 is 0. The average molecular weight is 368 g/mol. The smallest absolute Gasteiger partial charge is 0.224 e. The summed E-state index contributed by atoms with van der Waals surface area (Å²) >= 11 is 0. The molecule has 4 aromatic rings. The topological polar surface area (TPSA) is 103 Å². The van der Waals surface area contributed by atoms with Crippen LogP contribution in [0.2, 0.25) is 0 Å². The van der Waals surface area contributed by atoms with Crippen LogP contribution in [0.1, 0.15) is 28.3 Å². The third kappa shape index (κ3) is 2.79. The van der Waals surface area contributed by atoms with Gasteiger partial charge in [0.2, 0.25) is 5.95 Å². The van der Waals surface area contributed by atoms with Crippen LogP contribution in [-0.2, 0) is 12.8 Å². The van der Waals surface area contributed by atoms with Crippen molar-refractivity contribution >= 4 is 28.5 Å². The molecule has 0 saturated carbocycles. The molecule has 0 atom stereocenters. The lowest BCUT2D eigenvalue weighted by Crippen LogP contribution is -2.14. The number of pyridine rings is 1. The van der Waals surface area contributed by atoms with E-state index in [1.54, 1.807) is 6.20 Å². The molecule has 6 nitrogen and oxygen atoms in total. The number of nitrogens with one attached hydrogen (secondary N) is 1. The molecule has 2 aromatic heterocycles. The van der Waals surface area contributed by atoms with Crippen molar-refractivity contribution in [1.82, 2.24) is 15.0 Å². The summed E-state index contributed by atoms with van der Waals surface area (Å²) in [7, 11) is 0. The first kappa shape index (κ1) is 16.5. The van der Waals surface area contributed by atoms with Crippen molar-refractivity contribution in [3.63, 3.8) is 0 Å². The quantitative estimate of drug-likeness (QED) is 0.500. The van der Waals surface area contributed by atoms with Crippen molar-refractivity contribution in [2.45, 2.75) is 18.9 Å². The lowest BCUT2D eigenvalue weighted by atomic mass is 9.94. The van der Waals surface area contributed by atoms with Crippen LogP contribution in [0, 0.1) is 0 Å². The molecule has 138 valence electrons. The molecule has 1 aliphatic rings. The Morgan fingerprint density at radius 2 is 1.50 bits per heavy atom. The number of benzene rings is 2. The van der Waals surface area contributed by atoms with Crippen LogP contribution in [-0.4, -0.2) is 15.0 Å². The molecule has 5 rings (SSSR count). The fraction of sp³-hybridized carbons (Fsp3) is 0.136. The highest BCUT2D eigenvalue weighted by Crippen LogP contribution is 2.35. The van der Waals surface area contributed by atoms with Gasteiger partial charge in [-0.3, -0.25) is 0 Å². The number of aryl methyl sites for hydroxylation is 2. The van der Waals surface area contributed by atoms with Crippen molar-refractivity contribution in [2.75, 3.05) is 16.8 Å². The Morgan fingerprint density at radius 3 is 2.18 bits per heavy atom. The Labute approximate surface area is 162 Å². The minimum Gasteiger partial charge on any atom is -0.383 e. The van der Waals surface area contributed by atoms with Crippen LogP contribution in [0.4, 0.5) is 17.5 Å². The standard InChI is InChI=1S/C22H20N6/c23-20-18-11-15(12-25-21(18)28-22(24)27-20)26-19-16-7-3-1-5-13(16)9-10-14-6-2-4-8-17(14)19/h1-8,11-12,19,26H,9-10H2,(H4,23,24,25,27,28). The predicted molar refractivity (Wildman–Crippen MR) is 112 cm³/mol. The summed E-state index contributed by atoms with van der Waals surface area (Å²) in [4.78, 5) is 12.6. The maximum absolute atomic E-state index is 6.04. The second-order valence-electron chi connectivity index (χ2n) is 7.04. The highest BCUT2D eigenvalue weighted by molar-refractivity contribution is 5.88. The molecule has 0 unspecified atom stereocenters. The van der Waals surface area contributed by atoms with Gasteiger partial charge in [-0.1, -0.05) is 48.5 Å². The number of fused-ring (bicyclic) bond motifs is 3. The van der Waals surface area contributed by atoms with Crippen LogP contribution >= 0.6 is 0 Å². The van der Waals surface area contributed by atoms with E-state index in [9.17, 15) is 0 Å². The molecule has 0 saturated heterocycles. The van der Waals surface area contributed by atoms with Crippen LogP contribution in [0.25, 0.3) is 11.0 Å². The minimum atomic E-state index is 0.0325. The number of aromatic nitrogens is 3. The first-order valence-electron chi connectivity index (χ1n) is 9.30. The van der Waals surface area contributed by atoms with E-state index in [0.717, 1.165) is 18.5 Å². The number of rotatable bonds is 2.